The van der Waals surface area contributed by atoms with Gasteiger partial charge in [0, 0.05) is 11.9 Å². The molecule has 0 saturated carbocycles. The molecule has 2 rings (SSSR count). The molecule has 0 spiro atoms. The molecule has 0 radical (unpaired) electrons. The van der Waals surface area contributed by atoms with E-state index in [0.29, 0.717) is 19.3 Å². The van der Waals surface area contributed by atoms with Crippen LogP contribution >= 0.6 is 0 Å². The first-order valence-corrected chi connectivity index (χ1v) is 13.0. The number of rotatable bonds is 12. The maximum absolute atomic E-state index is 10.8. The minimum atomic E-state index is -1.01. The zero-order valence-electron chi connectivity index (χ0n) is 21.8. The van der Waals surface area contributed by atoms with Crippen molar-refractivity contribution >= 4 is 5.97 Å². The number of hydrogen-bond donors (Lipinski definition) is 2. The molecule has 0 fully saturated rings. The maximum Gasteiger partial charge on any atom is 0.106 e. The number of ether oxygens (including phenoxy) is 1. The van der Waals surface area contributed by atoms with Crippen LogP contribution in [-0.4, -0.2) is 33.5 Å². The molecule has 0 aromatic rings. The van der Waals surface area contributed by atoms with Crippen molar-refractivity contribution in [1.29, 1.82) is 0 Å². The van der Waals surface area contributed by atoms with Crippen molar-refractivity contribution in [3.8, 4) is 0 Å². The first kappa shape index (κ1) is 27.9. The Morgan fingerprint density at radius 3 is 2.67 bits per heavy atom. The summed E-state index contributed by atoms with van der Waals surface area (Å²) in [4.78, 5) is 10.8. The minimum Gasteiger partial charge on any atom is -0.550 e. The van der Waals surface area contributed by atoms with Gasteiger partial charge in [-0.2, -0.15) is 0 Å². The summed E-state index contributed by atoms with van der Waals surface area (Å²) in [5, 5.41) is 31.7. The Hall–Kier alpha value is -1.33. The Balaban J connectivity index is 1.73. The number of hydrogen-bond acceptors (Lipinski definition) is 5. The van der Waals surface area contributed by atoms with Gasteiger partial charge in [0.2, 0.25) is 0 Å². The van der Waals surface area contributed by atoms with Gasteiger partial charge in [-0.1, -0.05) is 32.4 Å². The van der Waals surface area contributed by atoms with Gasteiger partial charge in [-0.3, -0.25) is 0 Å². The van der Waals surface area contributed by atoms with E-state index in [0.717, 1.165) is 57.1 Å². The fourth-order valence-corrected chi connectivity index (χ4v) is 5.24. The third-order valence-electron chi connectivity index (χ3n) is 8.13. The highest BCUT2D eigenvalue weighted by atomic mass is 16.5. The molecule has 6 atom stereocenters. The van der Waals surface area contributed by atoms with Crippen LogP contribution in [-0.2, 0) is 9.53 Å². The smallest absolute Gasteiger partial charge is 0.106 e. The molecule has 1 aliphatic heterocycles. The number of aliphatic carboxylic acids is 1. The molecule has 5 nitrogen and oxygen atoms in total. The Morgan fingerprint density at radius 1 is 1.33 bits per heavy atom. The highest BCUT2D eigenvalue weighted by molar-refractivity contribution is 5.66. The summed E-state index contributed by atoms with van der Waals surface area (Å²) >= 11 is 0. The van der Waals surface area contributed by atoms with Crippen LogP contribution in [0, 0.1) is 17.8 Å². The van der Waals surface area contributed by atoms with Crippen LogP contribution in [0.5, 0.6) is 0 Å². The predicted octanol–water partition coefficient (Wildman–Crippen LogP) is 5.05. The van der Waals surface area contributed by atoms with Crippen LogP contribution in [0.2, 0.25) is 0 Å². The minimum absolute atomic E-state index is 0.141. The summed E-state index contributed by atoms with van der Waals surface area (Å²) in [6.07, 6.45) is 11.3. The Kier molecular flexibility index (Phi) is 10.0. The fourth-order valence-electron chi connectivity index (χ4n) is 5.24. The highest BCUT2D eigenvalue weighted by Crippen LogP contribution is 2.45. The van der Waals surface area contributed by atoms with Gasteiger partial charge in [0.25, 0.3) is 0 Å². The summed E-state index contributed by atoms with van der Waals surface area (Å²) in [7, 11) is 0. The monoisotopic (exact) mass is 463 g/mol. The molecule has 5 heteroatoms. The summed E-state index contributed by atoms with van der Waals surface area (Å²) in [6.45, 7) is 12.2. The Morgan fingerprint density at radius 2 is 2.00 bits per heavy atom. The number of carbonyl (C=O) groups excluding carboxylic acids is 1. The van der Waals surface area contributed by atoms with Crippen molar-refractivity contribution in [1.82, 2.24) is 0 Å². The van der Waals surface area contributed by atoms with Crippen molar-refractivity contribution in [3.63, 3.8) is 0 Å². The fraction of sp³-hybridized carbons (Fsp3) is 0.821. The van der Waals surface area contributed by atoms with Crippen molar-refractivity contribution in [3.05, 3.63) is 23.0 Å². The van der Waals surface area contributed by atoms with E-state index in [9.17, 15) is 20.1 Å². The molecule has 6 unspecified atom stereocenters. The summed E-state index contributed by atoms with van der Waals surface area (Å²) < 4.78 is 6.55. The first-order valence-electron chi connectivity index (χ1n) is 13.0. The van der Waals surface area contributed by atoms with Crippen LogP contribution in [0.15, 0.2) is 23.0 Å². The molecule has 33 heavy (non-hydrogen) atoms. The Bertz CT molecular complexity index is 722. The summed E-state index contributed by atoms with van der Waals surface area (Å²) in [5.74, 6) is 0.181. The molecule has 0 saturated heterocycles. The van der Waals surface area contributed by atoms with E-state index in [1.54, 1.807) is 6.92 Å². The standard InChI is InChI=1S/C28H48O5/c1-19(10-7-14-27(5,32)15-9-12-20(2)26(30)31)11-8-16-28(6)17-13-23-18-24(29)21(3)22(4)25(23)33-28/h11,20-22,24,29,32H,7-10,12-18H2,1-6H3,(H,30,31)/p-1/b19-11+. The quantitative estimate of drug-likeness (QED) is 0.395. The van der Waals surface area contributed by atoms with E-state index >= 15 is 0 Å². The number of carbonyl (C=O) groups is 1. The van der Waals surface area contributed by atoms with Crippen LogP contribution in [0.1, 0.15) is 112 Å². The molecule has 0 amide bonds. The third kappa shape index (κ3) is 8.43. The molecule has 2 N–H and O–H groups in total. The van der Waals surface area contributed by atoms with Gasteiger partial charge >= 0.3 is 0 Å². The van der Waals surface area contributed by atoms with Crippen LogP contribution in [0.25, 0.3) is 0 Å². The van der Waals surface area contributed by atoms with Crippen molar-refractivity contribution in [2.75, 3.05) is 0 Å². The predicted molar refractivity (Wildman–Crippen MR) is 130 cm³/mol. The average Bonchev–Trinajstić information content (AvgIpc) is 2.72. The van der Waals surface area contributed by atoms with Crippen molar-refractivity contribution in [2.45, 2.75) is 129 Å². The van der Waals surface area contributed by atoms with Gasteiger partial charge < -0.3 is 24.9 Å². The average molecular weight is 464 g/mol. The van der Waals surface area contributed by atoms with Gasteiger partial charge in [-0.05, 0) is 109 Å². The van der Waals surface area contributed by atoms with E-state index in [4.69, 9.17) is 4.74 Å². The van der Waals surface area contributed by atoms with Gasteiger partial charge in [-0.25, -0.2) is 0 Å². The maximum atomic E-state index is 10.8. The molecule has 2 aliphatic rings. The summed E-state index contributed by atoms with van der Waals surface area (Å²) in [5.41, 5.74) is 1.78. The molecule has 1 aliphatic carbocycles. The second kappa shape index (κ2) is 11.9. The van der Waals surface area contributed by atoms with E-state index in [-0.39, 0.29) is 23.5 Å². The summed E-state index contributed by atoms with van der Waals surface area (Å²) in [6, 6.07) is 0. The second-order valence-electron chi connectivity index (χ2n) is 11.5. The number of aliphatic hydroxyl groups excluding tert-OH is 1. The van der Waals surface area contributed by atoms with Gasteiger partial charge in [0.1, 0.15) is 5.60 Å². The Labute approximate surface area is 201 Å². The molecular weight excluding hydrogens is 416 g/mol. The molecule has 190 valence electrons. The first-order chi connectivity index (χ1) is 15.3. The number of allylic oxidation sites excluding steroid dienone is 3. The topological polar surface area (TPSA) is 89.8 Å². The molecular formula is C28H47O5-. The van der Waals surface area contributed by atoms with Crippen LogP contribution in [0.4, 0.5) is 0 Å². The zero-order valence-corrected chi connectivity index (χ0v) is 21.8. The van der Waals surface area contributed by atoms with Gasteiger partial charge in [0.05, 0.1) is 17.5 Å². The highest BCUT2D eigenvalue weighted by Gasteiger charge is 2.40. The van der Waals surface area contributed by atoms with Gasteiger partial charge in [0.15, 0.2) is 0 Å². The number of carboxylic acids is 1. The number of aliphatic hydroxyl groups is 2. The lowest BCUT2D eigenvalue weighted by Crippen LogP contribution is -2.40. The van der Waals surface area contributed by atoms with Crippen LogP contribution < -0.4 is 5.11 Å². The second-order valence-corrected chi connectivity index (χ2v) is 11.5. The molecule has 0 aromatic heterocycles. The lowest BCUT2D eigenvalue weighted by atomic mass is 9.75. The lowest BCUT2D eigenvalue weighted by Gasteiger charge is -2.44. The normalized spacial score (nSPS) is 30.9. The van der Waals surface area contributed by atoms with E-state index in [1.165, 1.54) is 11.1 Å². The lowest BCUT2D eigenvalue weighted by molar-refractivity contribution is -0.311. The van der Waals surface area contributed by atoms with Crippen molar-refractivity contribution < 1.29 is 24.9 Å². The molecule has 0 bridgehead atoms. The molecule has 0 aromatic carbocycles. The largest absolute Gasteiger partial charge is 0.550 e. The van der Waals surface area contributed by atoms with Crippen LogP contribution in [0.3, 0.4) is 0 Å². The van der Waals surface area contributed by atoms with E-state index in [2.05, 4.69) is 33.8 Å². The van der Waals surface area contributed by atoms with E-state index < -0.39 is 17.5 Å². The zero-order chi connectivity index (χ0) is 24.8. The van der Waals surface area contributed by atoms with E-state index in [1.807, 2.05) is 6.92 Å². The molecule has 1 heterocycles. The van der Waals surface area contributed by atoms with Gasteiger partial charge in [-0.15, -0.1) is 0 Å². The third-order valence-corrected chi connectivity index (χ3v) is 8.13. The van der Waals surface area contributed by atoms with Crippen molar-refractivity contribution in [2.24, 2.45) is 17.8 Å². The number of carboxylic acid groups (broad SMARTS) is 1. The SMILES string of the molecule is C/C(=C\CCC1(C)CCC2=C(O1)C(C)C(C)C(O)C2)CCCC(C)(O)CCCC(C)C(=O)[O-].